The number of halogens is 1. The zero-order valence-electron chi connectivity index (χ0n) is 6.63. The van der Waals surface area contributed by atoms with E-state index in [-0.39, 0.29) is 12.2 Å². The van der Waals surface area contributed by atoms with Gasteiger partial charge in [0.2, 0.25) is 0 Å². The topological polar surface area (TPSA) is 44.0 Å². The number of benzene rings is 1. The SMILES string of the molecule is Cc1cc(Cl)cc(CC#N)c1O. The number of nitrogens with zero attached hydrogens (tertiary/aromatic N) is 1. The van der Waals surface area contributed by atoms with Crippen LogP contribution in [-0.2, 0) is 6.42 Å². The van der Waals surface area contributed by atoms with Gasteiger partial charge in [0.15, 0.2) is 0 Å². The molecule has 0 heterocycles. The first-order valence-electron chi connectivity index (χ1n) is 3.50. The fourth-order valence-electron chi connectivity index (χ4n) is 1.02. The maximum atomic E-state index is 9.44. The van der Waals surface area contributed by atoms with E-state index < -0.39 is 0 Å². The second-order valence-electron chi connectivity index (χ2n) is 2.57. The fraction of sp³-hybridized carbons (Fsp3) is 0.222. The van der Waals surface area contributed by atoms with Crippen LogP contribution in [-0.4, -0.2) is 5.11 Å². The zero-order valence-corrected chi connectivity index (χ0v) is 7.39. The lowest BCUT2D eigenvalue weighted by molar-refractivity contribution is 0.465. The van der Waals surface area contributed by atoms with Gasteiger partial charge in [0.25, 0.3) is 0 Å². The molecule has 0 unspecified atom stereocenters. The van der Waals surface area contributed by atoms with E-state index in [1.165, 1.54) is 0 Å². The van der Waals surface area contributed by atoms with E-state index in [2.05, 4.69) is 0 Å². The smallest absolute Gasteiger partial charge is 0.122 e. The predicted octanol–water partition coefficient (Wildman–Crippen LogP) is 2.42. The Balaban J connectivity index is 3.20. The van der Waals surface area contributed by atoms with Crippen molar-refractivity contribution in [2.75, 3.05) is 0 Å². The first kappa shape index (κ1) is 8.89. The number of aryl methyl sites for hydroxylation is 1. The van der Waals surface area contributed by atoms with Crippen molar-refractivity contribution in [3.63, 3.8) is 0 Å². The fourth-order valence-corrected chi connectivity index (χ4v) is 1.32. The predicted molar refractivity (Wildman–Crippen MR) is 47.2 cm³/mol. The van der Waals surface area contributed by atoms with Crippen molar-refractivity contribution in [3.05, 3.63) is 28.3 Å². The molecule has 0 spiro atoms. The number of rotatable bonds is 1. The van der Waals surface area contributed by atoms with Crippen molar-refractivity contribution >= 4 is 11.6 Å². The normalized spacial score (nSPS) is 9.42. The van der Waals surface area contributed by atoms with Crippen molar-refractivity contribution in [2.24, 2.45) is 0 Å². The van der Waals surface area contributed by atoms with Gasteiger partial charge in [0.05, 0.1) is 12.5 Å². The Morgan fingerprint density at radius 3 is 2.83 bits per heavy atom. The van der Waals surface area contributed by atoms with Gasteiger partial charge in [-0.1, -0.05) is 11.6 Å². The number of phenolic OH excluding ortho intramolecular Hbond substituents is 1. The van der Waals surface area contributed by atoms with Gasteiger partial charge < -0.3 is 5.11 Å². The van der Waals surface area contributed by atoms with Crippen molar-refractivity contribution in [3.8, 4) is 11.8 Å². The van der Waals surface area contributed by atoms with Gasteiger partial charge >= 0.3 is 0 Å². The van der Waals surface area contributed by atoms with Gasteiger partial charge in [-0.15, -0.1) is 0 Å². The summed E-state index contributed by atoms with van der Waals surface area (Å²) in [7, 11) is 0. The molecule has 3 heteroatoms. The molecule has 0 bridgehead atoms. The van der Waals surface area contributed by atoms with Crippen LogP contribution in [0.5, 0.6) is 5.75 Å². The summed E-state index contributed by atoms with van der Waals surface area (Å²) in [6.07, 6.45) is 0.188. The largest absolute Gasteiger partial charge is 0.507 e. The first-order valence-corrected chi connectivity index (χ1v) is 3.88. The minimum atomic E-state index is 0.168. The van der Waals surface area contributed by atoms with Crippen LogP contribution < -0.4 is 0 Å². The lowest BCUT2D eigenvalue weighted by atomic mass is 10.1. The maximum Gasteiger partial charge on any atom is 0.122 e. The molecular formula is C9H8ClNO. The van der Waals surface area contributed by atoms with Crippen LogP contribution in [0.2, 0.25) is 5.02 Å². The molecule has 0 saturated heterocycles. The molecule has 0 radical (unpaired) electrons. The third-order valence-electron chi connectivity index (χ3n) is 1.61. The van der Waals surface area contributed by atoms with Crippen molar-refractivity contribution in [1.29, 1.82) is 5.26 Å². The van der Waals surface area contributed by atoms with E-state index in [0.717, 1.165) is 0 Å². The average molecular weight is 182 g/mol. The summed E-state index contributed by atoms with van der Waals surface area (Å²) in [6, 6.07) is 5.23. The molecule has 0 atom stereocenters. The van der Waals surface area contributed by atoms with Gasteiger partial charge in [-0.05, 0) is 24.6 Å². The van der Waals surface area contributed by atoms with E-state index >= 15 is 0 Å². The van der Waals surface area contributed by atoms with Crippen LogP contribution in [0.25, 0.3) is 0 Å². The molecule has 1 aromatic carbocycles. The van der Waals surface area contributed by atoms with E-state index in [1.807, 2.05) is 6.07 Å². The molecule has 1 aromatic rings. The van der Waals surface area contributed by atoms with Gasteiger partial charge in [-0.2, -0.15) is 5.26 Å². The first-order chi connectivity index (χ1) is 5.65. The standard InChI is InChI=1S/C9H8ClNO/c1-6-4-8(10)5-7(2-3-11)9(6)12/h4-5,12H,2H2,1H3. The zero-order chi connectivity index (χ0) is 9.14. The summed E-state index contributed by atoms with van der Waals surface area (Å²) >= 11 is 5.74. The molecule has 1 rings (SSSR count). The summed E-state index contributed by atoms with van der Waals surface area (Å²) < 4.78 is 0. The van der Waals surface area contributed by atoms with E-state index in [9.17, 15) is 5.11 Å². The molecule has 0 aliphatic heterocycles. The Kier molecular flexibility index (Phi) is 2.57. The Morgan fingerprint density at radius 2 is 2.25 bits per heavy atom. The highest BCUT2D eigenvalue weighted by molar-refractivity contribution is 6.30. The lowest BCUT2D eigenvalue weighted by Gasteiger charge is -2.03. The highest BCUT2D eigenvalue weighted by Crippen LogP contribution is 2.26. The second kappa shape index (κ2) is 3.46. The van der Waals surface area contributed by atoms with Crippen molar-refractivity contribution in [2.45, 2.75) is 13.3 Å². The summed E-state index contributed by atoms with van der Waals surface area (Å²) in [4.78, 5) is 0. The van der Waals surface area contributed by atoms with E-state index in [0.29, 0.717) is 16.1 Å². The molecule has 0 saturated carbocycles. The summed E-state index contributed by atoms with van der Waals surface area (Å²) in [5, 5.41) is 18.4. The third-order valence-corrected chi connectivity index (χ3v) is 1.83. The van der Waals surface area contributed by atoms with Crippen LogP contribution in [0.4, 0.5) is 0 Å². The highest BCUT2D eigenvalue weighted by atomic mass is 35.5. The minimum Gasteiger partial charge on any atom is -0.507 e. The molecule has 0 amide bonds. The maximum absolute atomic E-state index is 9.44. The van der Waals surface area contributed by atoms with Crippen LogP contribution >= 0.6 is 11.6 Å². The number of hydrogen-bond donors (Lipinski definition) is 1. The summed E-state index contributed by atoms with van der Waals surface area (Å²) in [5.74, 6) is 0.168. The molecule has 0 fully saturated rings. The quantitative estimate of drug-likeness (QED) is 0.723. The summed E-state index contributed by atoms with van der Waals surface area (Å²) in [6.45, 7) is 1.75. The van der Waals surface area contributed by atoms with Crippen LogP contribution in [0.3, 0.4) is 0 Å². The van der Waals surface area contributed by atoms with Gasteiger partial charge in [0.1, 0.15) is 5.75 Å². The molecule has 0 aromatic heterocycles. The molecule has 0 aliphatic rings. The van der Waals surface area contributed by atoms with E-state index in [4.69, 9.17) is 16.9 Å². The summed E-state index contributed by atoms with van der Waals surface area (Å²) in [5.41, 5.74) is 1.29. The van der Waals surface area contributed by atoms with Crippen molar-refractivity contribution < 1.29 is 5.11 Å². The van der Waals surface area contributed by atoms with Gasteiger partial charge in [-0.25, -0.2) is 0 Å². The second-order valence-corrected chi connectivity index (χ2v) is 3.00. The highest BCUT2D eigenvalue weighted by Gasteiger charge is 2.04. The molecule has 12 heavy (non-hydrogen) atoms. The monoisotopic (exact) mass is 181 g/mol. The average Bonchev–Trinajstić information content (AvgIpc) is 2.00. The Labute approximate surface area is 76.0 Å². The van der Waals surface area contributed by atoms with Crippen LogP contribution in [0, 0.1) is 18.3 Å². The number of aromatic hydroxyl groups is 1. The molecule has 1 N–H and O–H groups in total. The number of hydrogen-bond acceptors (Lipinski definition) is 2. The Morgan fingerprint density at radius 1 is 1.58 bits per heavy atom. The Bertz CT molecular complexity index is 341. The molecular weight excluding hydrogens is 174 g/mol. The Hall–Kier alpha value is -1.20. The molecule has 62 valence electrons. The number of phenols is 1. The van der Waals surface area contributed by atoms with E-state index in [1.54, 1.807) is 19.1 Å². The number of nitriles is 1. The molecule has 0 aliphatic carbocycles. The minimum absolute atomic E-state index is 0.168. The van der Waals surface area contributed by atoms with Crippen molar-refractivity contribution in [1.82, 2.24) is 0 Å². The van der Waals surface area contributed by atoms with Crippen LogP contribution in [0.1, 0.15) is 11.1 Å². The van der Waals surface area contributed by atoms with Crippen LogP contribution in [0.15, 0.2) is 12.1 Å². The van der Waals surface area contributed by atoms with Gasteiger partial charge in [0, 0.05) is 10.6 Å². The molecule has 2 nitrogen and oxygen atoms in total. The lowest BCUT2D eigenvalue weighted by Crippen LogP contribution is -1.86. The van der Waals surface area contributed by atoms with Gasteiger partial charge in [-0.3, -0.25) is 0 Å². The third kappa shape index (κ3) is 1.69.